The molecule has 34 heavy (non-hydrogen) atoms. The van der Waals surface area contributed by atoms with Crippen LogP contribution in [0.4, 0.5) is 11.4 Å². The highest BCUT2D eigenvalue weighted by Crippen LogP contribution is 2.56. The topological polar surface area (TPSA) is 24.1 Å². The Morgan fingerprint density at radius 3 is 1.56 bits per heavy atom. The van der Waals surface area contributed by atoms with Gasteiger partial charge in [0, 0.05) is 9.75 Å². The number of hydrogen-bond acceptors (Lipinski definition) is 6. The number of hydrogen-bond donors (Lipinski definition) is 2. The molecule has 0 amide bonds. The van der Waals surface area contributed by atoms with E-state index in [-0.39, 0.29) is 0 Å². The van der Waals surface area contributed by atoms with Crippen molar-refractivity contribution in [1.29, 1.82) is 0 Å². The van der Waals surface area contributed by atoms with Crippen molar-refractivity contribution in [2.24, 2.45) is 11.8 Å². The molecular formula is C28H40N2S4. The molecule has 0 fully saturated rings. The van der Waals surface area contributed by atoms with E-state index in [9.17, 15) is 0 Å². The molecule has 1 aliphatic rings. The van der Waals surface area contributed by atoms with Crippen LogP contribution in [0.5, 0.6) is 0 Å². The average Bonchev–Trinajstić information content (AvgIpc) is 3.64. The van der Waals surface area contributed by atoms with Crippen LogP contribution in [-0.2, 0) is 12.8 Å². The fourth-order valence-corrected chi connectivity index (χ4v) is 9.23. The first-order chi connectivity index (χ1) is 16.7. The van der Waals surface area contributed by atoms with E-state index in [1.165, 1.54) is 95.1 Å². The predicted molar refractivity (Wildman–Crippen MR) is 160 cm³/mol. The number of fused-ring (bicyclic) bond motifs is 1. The van der Waals surface area contributed by atoms with Gasteiger partial charge in [0.1, 0.15) is 0 Å². The number of rotatable bonds is 14. The van der Waals surface area contributed by atoms with Crippen LogP contribution in [-0.4, -0.2) is 0 Å². The fraction of sp³-hybridized carbons (Fsp3) is 0.571. The standard InChI is InChI=1S/C28H40N2S4/c1-5-9-11-19(7-3)17-21-13-15-31-25(21)27-23-24(30-34-29-23)28(33-27)26-22(14-16-32-26)18-20(8-4)12-10-6-2/h13-16,19-20,29-30H,5-12,17-18H2,1-4H3. The molecule has 0 aliphatic carbocycles. The molecule has 3 aromatic heterocycles. The molecule has 186 valence electrons. The van der Waals surface area contributed by atoms with Gasteiger partial charge in [0.05, 0.1) is 33.3 Å². The summed E-state index contributed by atoms with van der Waals surface area (Å²) in [7, 11) is 0. The molecule has 2 atom stereocenters. The van der Waals surface area contributed by atoms with Gasteiger partial charge in [-0.25, -0.2) is 0 Å². The highest BCUT2D eigenvalue weighted by Gasteiger charge is 2.28. The zero-order chi connectivity index (χ0) is 23.9. The molecule has 6 heteroatoms. The summed E-state index contributed by atoms with van der Waals surface area (Å²) in [6, 6.07) is 4.76. The van der Waals surface area contributed by atoms with Crippen molar-refractivity contribution in [3.8, 4) is 19.5 Å². The predicted octanol–water partition coefficient (Wildman–Crippen LogP) is 11.1. The van der Waals surface area contributed by atoms with E-state index in [1.54, 1.807) is 23.3 Å². The van der Waals surface area contributed by atoms with E-state index >= 15 is 0 Å². The third-order valence-corrected chi connectivity index (χ3v) is 11.3. The summed E-state index contributed by atoms with van der Waals surface area (Å²) in [6.45, 7) is 9.33. The van der Waals surface area contributed by atoms with Crippen LogP contribution in [0.2, 0.25) is 0 Å². The lowest BCUT2D eigenvalue weighted by molar-refractivity contribution is 0.450. The molecule has 2 nitrogen and oxygen atoms in total. The molecule has 1 aliphatic heterocycles. The third kappa shape index (κ3) is 5.88. The summed E-state index contributed by atoms with van der Waals surface area (Å²) < 4.78 is 7.19. The van der Waals surface area contributed by atoms with Crippen LogP contribution in [0.25, 0.3) is 19.5 Å². The molecule has 4 rings (SSSR count). The Morgan fingerprint density at radius 2 is 1.15 bits per heavy atom. The average molecular weight is 533 g/mol. The minimum atomic E-state index is 0.791. The van der Waals surface area contributed by atoms with Crippen LogP contribution >= 0.6 is 46.1 Å². The van der Waals surface area contributed by atoms with Crippen molar-refractivity contribution in [3.05, 3.63) is 34.0 Å². The van der Waals surface area contributed by atoms with Crippen LogP contribution in [0.3, 0.4) is 0 Å². The summed E-state index contributed by atoms with van der Waals surface area (Å²) in [5.74, 6) is 1.58. The van der Waals surface area contributed by atoms with Crippen molar-refractivity contribution < 1.29 is 0 Å². The lowest BCUT2D eigenvalue weighted by Crippen LogP contribution is -2.03. The van der Waals surface area contributed by atoms with Crippen molar-refractivity contribution >= 4 is 57.5 Å². The van der Waals surface area contributed by atoms with Gasteiger partial charge in [0.2, 0.25) is 0 Å². The van der Waals surface area contributed by atoms with E-state index in [0.717, 1.165) is 11.8 Å². The Labute approximate surface area is 223 Å². The fourth-order valence-electron chi connectivity index (χ4n) is 4.97. The molecule has 0 radical (unpaired) electrons. The molecule has 4 heterocycles. The Kier molecular flexibility index (Phi) is 9.87. The second-order valence-electron chi connectivity index (χ2n) is 9.61. The summed E-state index contributed by atoms with van der Waals surface area (Å²) in [5.41, 5.74) is 5.68. The maximum absolute atomic E-state index is 3.59. The zero-order valence-corrected chi connectivity index (χ0v) is 24.4. The van der Waals surface area contributed by atoms with Gasteiger partial charge in [0.25, 0.3) is 0 Å². The SMILES string of the molecule is CCCCC(CC)Cc1ccsc1-c1sc(-c2sccc2CC(CC)CCCC)c2c1NSN2. The van der Waals surface area contributed by atoms with Crippen LogP contribution < -0.4 is 9.44 Å². The van der Waals surface area contributed by atoms with Crippen LogP contribution in [0.15, 0.2) is 22.9 Å². The van der Waals surface area contributed by atoms with Gasteiger partial charge in [-0.05, 0) is 58.7 Å². The van der Waals surface area contributed by atoms with Gasteiger partial charge in [-0.3, -0.25) is 0 Å². The molecule has 0 bridgehead atoms. The van der Waals surface area contributed by atoms with Gasteiger partial charge in [-0.2, -0.15) is 0 Å². The zero-order valence-electron chi connectivity index (χ0n) is 21.2. The van der Waals surface area contributed by atoms with E-state index in [1.807, 2.05) is 34.0 Å². The molecular weight excluding hydrogens is 493 g/mol. The van der Waals surface area contributed by atoms with Crippen molar-refractivity contribution in [2.75, 3.05) is 9.44 Å². The van der Waals surface area contributed by atoms with Gasteiger partial charge in [-0.1, -0.05) is 79.1 Å². The van der Waals surface area contributed by atoms with E-state index in [2.05, 4.69) is 60.0 Å². The van der Waals surface area contributed by atoms with Gasteiger partial charge in [0.15, 0.2) is 0 Å². The van der Waals surface area contributed by atoms with Gasteiger partial charge in [-0.15, -0.1) is 34.0 Å². The van der Waals surface area contributed by atoms with Crippen molar-refractivity contribution in [2.45, 2.75) is 91.9 Å². The quantitative estimate of drug-likeness (QED) is 0.202. The second kappa shape index (κ2) is 12.8. The maximum atomic E-state index is 3.59. The molecule has 2 unspecified atom stereocenters. The Bertz CT molecular complexity index is 953. The monoisotopic (exact) mass is 532 g/mol. The smallest absolute Gasteiger partial charge is 0.0902 e. The third-order valence-electron chi connectivity index (χ3n) is 7.22. The molecule has 0 spiro atoms. The summed E-state index contributed by atoms with van der Waals surface area (Å²) in [5, 5.41) is 4.60. The highest BCUT2D eigenvalue weighted by atomic mass is 32.2. The molecule has 0 aromatic carbocycles. The minimum Gasteiger partial charge on any atom is -0.309 e. The number of anilines is 2. The summed E-state index contributed by atoms with van der Waals surface area (Å²) in [4.78, 5) is 5.81. The first-order valence-electron chi connectivity index (χ1n) is 13.2. The van der Waals surface area contributed by atoms with E-state index < -0.39 is 0 Å². The largest absolute Gasteiger partial charge is 0.309 e. The minimum absolute atomic E-state index is 0.791. The Morgan fingerprint density at radius 1 is 0.676 bits per heavy atom. The van der Waals surface area contributed by atoms with Gasteiger partial charge < -0.3 is 9.44 Å². The van der Waals surface area contributed by atoms with Crippen LogP contribution in [0, 0.1) is 11.8 Å². The van der Waals surface area contributed by atoms with E-state index in [0.29, 0.717) is 0 Å². The first-order valence-corrected chi connectivity index (χ1v) is 16.6. The lowest BCUT2D eigenvalue weighted by Gasteiger charge is -2.15. The normalized spacial score (nSPS) is 14.6. The number of unbranched alkanes of at least 4 members (excludes halogenated alkanes) is 2. The van der Waals surface area contributed by atoms with Crippen LogP contribution in [0.1, 0.15) is 90.2 Å². The van der Waals surface area contributed by atoms with Crippen molar-refractivity contribution in [3.63, 3.8) is 0 Å². The summed E-state index contributed by atoms with van der Waals surface area (Å²) >= 11 is 7.45. The number of nitrogens with one attached hydrogen (secondary N) is 2. The number of thiophene rings is 3. The molecule has 0 saturated carbocycles. The van der Waals surface area contributed by atoms with E-state index in [4.69, 9.17) is 0 Å². The first kappa shape index (κ1) is 26.1. The molecule has 3 aromatic rings. The highest BCUT2D eigenvalue weighted by molar-refractivity contribution is 8.02. The Balaban J connectivity index is 1.63. The Hall–Kier alpha value is -0.950. The lowest BCUT2D eigenvalue weighted by atomic mass is 9.92. The van der Waals surface area contributed by atoms with Gasteiger partial charge >= 0.3 is 0 Å². The summed E-state index contributed by atoms with van der Waals surface area (Å²) in [6.07, 6.45) is 12.9. The molecule has 0 saturated heterocycles. The maximum Gasteiger partial charge on any atom is 0.0902 e. The molecule has 2 N–H and O–H groups in total. The van der Waals surface area contributed by atoms with Crippen molar-refractivity contribution in [1.82, 2.24) is 0 Å². The second-order valence-corrected chi connectivity index (χ2v) is 13.1.